The zero-order chi connectivity index (χ0) is 15.0. The lowest BCUT2D eigenvalue weighted by atomic mass is 10.1. The Morgan fingerprint density at radius 1 is 1.30 bits per heavy atom. The van der Waals surface area contributed by atoms with Gasteiger partial charge in [-0.05, 0) is 45.3 Å². The summed E-state index contributed by atoms with van der Waals surface area (Å²) in [5.41, 5.74) is 5.66. The number of nitrogens with one attached hydrogen (secondary N) is 1. The van der Waals surface area contributed by atoms with Crippen LogP contribution in [-0.4, -0.2) is 63.5 Å². The third-order valence-corrected chi connectivity index (χ3v) is 4.51. The van der Waals surface area contributed by atoms with Crippen LogP contribution in [0.1, 0.15) is 32.1 Å². The molecule has 0 aromatic heterocycles. The summed E-state index contributed by atoms with van der Waals surface area (Å²) >= 11 is 0. The average Bonchev–Trinajstić information content (AvgIpc) is 2.41. The van der Waals surface area contributed by atoms with Crippen molar-refractivity contribution in [2.24, 2.45) is 5.73 Å². The molecule has 1 fully saturated rings. The number of hydrogen-bond donors (Lipinski definition) is 2. The van der Waals surface area contributed by atoms with Crippen molar-refractivity contribution in [3.8, 4) is 0 Å². The molecular formula is C13H27N3O3S. The summed E-state index contributed by atoms with van der Waals surface area (Å²) in [5, 5.41) is 2.77. The van der Waals surface area contributed by atoms with Crippen molar-refractivity contribution >= 4 is 15.7 Å². The minimum Gasteiger partial charge on any atom is -0.355 e. The van der Waals surface area contributed by atoms with Gasteiger partial charge in [0.05, 0.1) is 11.8 Å². The first-order chi connectivity index (χ1) is 9.38. The number of nitrogens with zero attached hydrogens (tertiary/aromatic N) is 1. The van der Waals surface area contributed by atoms with Crippen LogP contribution in [0.3, 0.4) is 0 Å². The number of rotatable bonds is 8. The fourth-order valence-corrected chi connectivity index (χ4v) is 2.98. The molecule has 1 heterocycles. The number of sulfone groups is 1. The number of amides is 1. The highest BCUT2D eigenvalue weighted by molar-refractivity contribution is 7.90. The highest BCUT2D eigenvalue weighted by Crippen LogP contribution is 2.08. The molecule has 0 radical (unpaired) electrons. The van der Waals surface area contributed by atoms with Gasteiger partial charge in [0.15, 0.2) is 0 Å². The van der Waals surface area contributed by atoms with E-state index in [1.807, 2.05) is 0 Å². The molecule has 1 saturated heterocycles. The molecule has 0 aliphatic carbocycles. The maximum Gasteiger partial charge on any atom is 0.236 e. The topological polar surface area (TPSA) is 92.5 Å². The molecule has 1 amide bonds. The highest BCUT2D eigenvalue weighted by atomic mass is 32.2. The average molecular weight is 305 g/mol. The molecule has 0 aromatic carbocycles. The largest absolute Gasteiger partial charge is 0.355 e. The third kappa shape index (κ3) is 7.81. The molecule has 1 rings (SSSR count). The van der Waals surface area contributed by atoms with Crippen LogP contribution < -0.4 is 11.1 Å². The van der Waals surface area contributed by atoms with Crippen LogP contribution in [0.15, 0.2) is 0 Å². The second kappa shape index (κ2) is 8.59. The first kappa shape index (κ1) is 17.4. The minimum atomic E-state index is -3.06. The quantitative estimate of drug-likeness (QED) is 0.603. The molecule has 0 spiro atoms. The van der Waals surface area contributed by atoms with Gasteiger partial charge in [-0.2, -0.15) is 0 Å². The van der Waals surface area contributed by atoms with Crippen molar-refractivity contribution in [2.45, 2.75) is 38.1 Å². The van der Waals surface area contributed by atoms with Gasteiger partial charge >= 0.3 is 0 Å². The molecule has 6 nitrogen and oxygen atoms in total. The van der Waals surface area contributed by atoms with Gasteiger partial charge in [-0.25, -0.2) is 8.42 Å². The Bertz CT molecular complexity index is 392. The SMILES string of the molecule is CS(=O)(=O)CCC(N)C(=O)NCCCN1CCCCC1. The molecule has 118 valence electrons. The second-order valence-electron chi connectivity index (χ2n) is 5.57. The third-order valence-electron chi connectivity index (χ3n) is 3.54. The van der Waals surface area contributed by atoms with Crippen molar-refractivity contribution in [1.29, 1.82) is 0 Å². The van der Waals surface area contributed by atoms with Crippen molar-refractivity contribution in [3.63, 3.8) is 0 Å². The Labute approximate surface area is 122 Å². The molecular weight excluding hydrogens is 278 g/mol. The Morgan fingerprint density at radius 3 is 2.55 bits per heavy atom. The van der Waals surface area contributed by atoms with E-state index < -0.39 is 15.9 Å². The molecule has 0 bridgehead atoms. The monoisotopic (exact) mass is 305 g/mol. The number of likely N-dealkylation sites (tertiary alicyclic amines) is 1. The van der Waals surface area contributed by atoms with Gasteiger partial charge in [0.2, 0.25) is 5.91 Å². The van der Waals surface area contributed by atoms with Gasteiger partial charge in [-0.1, -0.05) is 6.42 Å². The first-order valence-electron chi connectivity index (χ1n) is 7.32. The van der Waals surface area contributed by atoms with E-state index in [-0.39, 0.29) is 18.1 Å². The normalized spacial score (nSPS) is 18.7. The first-order valence-corrected chi connectivity index (χ1v) is 9.38. The van der Waals surface area contributed by atoms with Crippen LogP contribution in [0.5, 0.6) is 0 Å². The van der Waals surface area contributed by atoms with Crippen LogP contribution >= 0.6 is 0 Å². The number of hydrogen-bond acceptors (Lipinski definition) is 5. The predicted molar refractivity (Wildman–Crippen MR) is 80.2 cm³/mol. The van der Waals surface area contributed by atoms with Crippen LogP contribution in [-0.2, 0) is 14.6 Å². The summed E-state index contributed by atoms with van der Waals surface area (Å²) in [6.45, 7) is 3.91. The van der Waals surface area contributed by atoms with Gasteiger partial charge in [0, 0.05) is 12.8 Å². The molecule has 0 aromatic rings. The number of carbonyl (C=O) groups is 1. The Balaban J connectivity index is 2.09. The Morgan fingerprint density at radius 2 is 1.95 bits per heavy atom. The van der Waals surface area contributed by atoms with Crippen molar-refractivity contribution in [1.82, 2.24) is 10.2 Å². The second-order valence-corrected chi connectivity index (χ2v) is 7.83. The van der Waals surface area contributed by atoms with E-state index >= 15 is 0 Å². The van der Waals surface area contributed by atoms with Crippen LogP contribution in [0.2, 0.25) is 0 Å². The molecule has 20 heavy (non-hydrogen) atoms. The van der Waals surface area contributed by atoms with E-state index in [0.717, 1.165) is 32.3 Å². The van der Waals surface area contributed by atoms with E-state index in [0.29, 0.717) is 6.54 Å². The molecule has 1 aliphatic heterocycles. The van der Waals surface area contributed by atoms with Crippen LogP contribution in [0.4, 0.5) is 0 Å². The lowest BCUT2D eigenvalue weighted by Gasteiger charge is -2.26. The standard InChI is InChI=1S/C13H27N3O3S/c1-20(18,19)11-6-12(14)13(17)15-7-5-10-16-8-3-2-4-9-16/h12H,2-11,14H2,1H3,(H,15,17). The number of nitrogens with two attached hydrogens (primary N) is 1. The lowest BCUT2D eigenvalue weighted by molar-refractivity contribution is -0.122. The van der Waals surface area contributed by atoms with Crippen molar-refractivity contribution in [2.75, 3.05) is 38.2 Å². The van der Waals surface area contributed by atoms with E-state index in [2.05, 4.69) is 10.2 Å². The van der Waals surface area contributed by atoms with E-state index in [4.69, 9.17) is 5.73 Å². The van der Waals surface area contributed by atoms with Crippen molar-refractivity contribution in [3.05, 3.63) is 0 Å². The van der Waals surface area contributed by atoms with E-state index in [9.17, 15) is 13.2 Å². The molecule has 1 atom stereocenters. The summed E-state index contributed by atoms with van der Waals surface area (Å²) in [7, 11) is -3.06. The highest BCUT2D eigenvalue weighted by Gasteiger charge is 2.15. The predicted octanol–water partition coefficient (Wildman–Crippen LogP) is -0.259. The summed E-state index contributed by atoms with van der Waals surface area (Å²) in [4.78, 5) is 14.1. The number of piperidine rings is 1. The minimum absolute atomic E-state index is 0.0463. The van der Waals surface area contributed by atoms with Crippen molar-refractivity contribution < 1.29 is 13.2 Å². The number of carbonyl (C=O) groups excluding carboxylic acids is 1. The smallest absolute Gasteiger partial charge is 0.236 e. The molecule has 1 aliphatic rings. The summed E-state index contributed by atoms with van der Waals surface area (Å²) < 4.78 is 22.0. The van der Waals surface area contributed by atoms with E-state index in [1.54, 1.807) is 0 Å². The zero-order valence-electron chi connectivity index (χ0n) is 12.3. The maximum atomic E-state index is 11.7. The van der Waals surface area contributed by atoms with Gasteiger partial charge in [-0.3, -0.25) is 4.79 Å². The Hall–Kier alpha value is -0.660. The van der Waals surface area contributed by atoms with Gasteiger partial charge in [0.1, 0.15) is 9.84 Å². The van der Waals surface area contributed by atoms with Crippen LogP contribution in [0.25, 0.3) is 0 Å². The molecule has 1 unspecified atom stereocenters. The van der Waals surface area contributed by atoms with E-state index in [1.165, 1.54) is 19.3 Å². The lowest BCUT2D eigenvalue weighted by Crippen LogP contribution is -2.42. The zero-order valence-corrected chi connectivity index (χ0v) is 13.1. The fraction of sp³-hybridized carbons (Fsp3) is 0.923. The molecule has 3 N–H and O–H groups in total. The Kier molecular flexibility index (Phi) is 7.47. The van der Waals surface area contributed by atoms with Gasteiger partial charge < -0.3 is 16.0 Å². The summed E-state index contributed by atoms with van der Waals surface area (Å²) in [6.07, 6.45) is 6.09. The van der Waals surface area contributed by atoms with Gasteiger partial charge in [0.25, 0.3) is 0 Å². The summed E-state index contributed by atoms with van der Waals surface area (Å²) in [6, 6.07) is -0.736. The van der Waals surface area contributed by atoms with Gasteiger partial charge in [-0.15, -0.1) is 0 Å². The molecule has 7 heteroatoms. The molecule has 0 saturated carbocycles. The summed E-state index contributed by atoms with van der Waals surface area (Å²) in [5.74, 6) is -0.303. The maximum absolute atomic E-state index is 11.7. The fourth-order valence-electron chi connectivity index (χ4n) is 2.30. The van der Waals surface area contributed by atoms with Crippen LogP contribution in [0, 0.1) is 0 Å².